The van der Waals surface area contributed by atoms with Crippen molar-refractivity contribution in [2.45, 2.75) is 108 Å². The topological polar surface area (TPSA) is 387 Å². The average molecular weight is 874 g/mol. The number of hydrogen-bond donors (Lipinski definition) is 14. The van der Waals surface area contributed by atoms with E-state index in [2.05, 4.69) is 53.2 Å². The Morgan fingerprint density at radius 2 is 1.50 bits per heavy atom. The van der Waals surface area contributed by atoms with Gasteiger partial charge in [0.2, 0.25) is 47.3 Å². The van der Waals surface area contributed by atoms with Gasteiger partial charge in [-0.15, -0.1) is 0 Å². The van der Waals surface area contributed by atoms with E-state index in [0.29, 0.717) is 5.56 Å². The van der Waals surface area contributed by atoms with Gasteiger partial charge in [-0.2, -0.15) is 0 Å². The summed E-state index contributed by atoms with van der Waals surface area (Å²) in [6.07, 6.45) is -0.551. The van der Waals surface area contributed by atoms with Gasteiger partial charge in [-0.3, -0.25) is 43.8 Å². The van der Waals surface area contributed by atoms with E-state index in [9.17, 15) is 53.1 Å². The Morgan fingerprint density at radius 1 is 0.823 bits per heavy atom. The van der Waals surface area contributed by atoms with Gasteiger partial charge >= 0.3 is 12.0 Å². The summed E-state index contributed by atoms with van der Waals surface area (Å²) in [6, 6.07) is -0.361. The van der Waals surface area contributed by atoms with Gasteiger partial charge in [-0.1, -0.05) is 30.3 Å². The number of amides is 10. The monoisotopic (exact) mass is 873 g/mol. The summed E-state index contributed by atoms with van der Waals surface area (Å²) in [5, 5.41) is 42.0. The Bertz CT molecular complexity index is 1770. The maximum Gasteiger partial charge on any atom is 0.326 e. The molecule has 1 aliphatic heterocycles. The summed E-state index contributed by atoms with van der Waals surface area (Å²) in [5.74, 6) is -7.92. The zero-order chi connectivity index (χ0) is 46.2. The second-order valence-corrected chi connectivity index (χ2v) is 14.5. The molecule has 16 N–H and O–H groups in total. The molecule has 24 heteroatoms. The first-order chi connectivity index (χ1) is 29.4. The molecule has 1 heterocycles. The number of primary amides is 1. The molecule has 0 bridgehead atoms. The molecule has 10 amide bonds. The summed E-state index contributed by atoms with van der Waals surface area (Å²) in [7, 11) is 0. The Kier molecular flexibility index (Phi) is 22.2. The lowest BCUT2D eigenvalue weighted by Crippen LogP contribution is -2.59. The third kappa shape index (κ3) is 20.3. The number of carboxylic acids is 1. The standard InChI is InChI=1S/C38H59N13O11/c1-21-31(55)50-27(36(60)61)13-8-16-42-29(53)15-14-26(49-33(57)24(47-22(2)52)11-6-17-43-37(39)40)35(59)48-25(12-7-18-44-38(41)62)34(58)51-28(19-23-9-4-3-5-10-23)32(56)45-20-30(54)46-21/h3-5,9-10,21,24-28H,6-8,11-20H2,1-2H3,(H,42,53)(H,45,56)(H,46,54)(H,47,52)(H,48,59)(H,49,57)(H,50,55)(H,51,58)(H,60,61)(H4,39,40,43)(H3,41,44,62)/t21-,24-,25-,26?,27?,28?/m0/s1. The number of rotatable bonds is 14. The van der Waals surface area contributed by atoms with Crippen LogP contribution in [0.5, 0.6) is 0 Å². The lowest BCUT2D eigenvalue weighted by atomic mass is 10.0. The van der Waals surface area contributed by atoms with Gasteiger partial charge in [0.1, 0.15) is 36.3 Å². The Hall–Kier alpha value is -7.01. The molecular weight excluding hydrogens is 814 g/mol. The van der Waals surface area contributed by atoms with E-state index in [4.69, 9.17) is 16.9 Å². The maximum atomic E-state index is 14.1. The molecule has 1 fully saturated rings. The van der Waals surface area contributed by atoms with Crippen molar-refractivity contribution in [2.75, 3.05) is 26.2 Å². The molecular formula is C38H59N13O11. The SMILES string of the molecule is CC(=O)N[C@@H](CCCNC(=N)N)C(=O)NC1CCC(=O)NCCCC(C(=O)O)NC(=O)[C@H](C)NC(=O)CNC(=O)C(Cc2ccccc2)NC(=O)[C@H](CCCNC(N)=O)NC1=O. The number of hydrogen-bond acceptors (Lipinski definition) is 11. The number of carbonyl (C=O) groups excluding carboxylic acids is 9. The molecule has 3 unspecified atom stereocenters. The summed E-state index contributed by atoms with van der Waals surface area (Å²) >= 11 is 0. The summed E-state index contributed by atoms with van der Waals surface area (Å²) < 4.78 is 0. The van der Waals surface area contributed by atoms with Gasteiger partial charge in [0.05, 0.1) is 6.54 Å². The zero-order valence-corrected chi connectivity index (χ0v) is 34.7. The molecule has 0 aromatic heterocycles. The lowest BCUT2D eigenvalue weighted by Gasteiger charge is -2.27. The number of nitrogens with two attached hydrogens (primary N) is 2. The minimum atomic E-state index is -1.49. The van der Waals surface area contributed by atoms with Gasteiger partial charge in [0.25, 0.3) is 0 Å². The quantitative estimate of drug-likeness (QED) is 0.0480. The van der Waals surface area contributed by atoms with Crippen molar-refractivity contribution in [2.24, 2.45) is 11.5 Å². The van der Waals surface area contributed by atoms with Gasteiger partial charge < -0.3 is 69.7 Å². The van der Waals surface area contributed by atoms with E-state index < -0.39 is 102 Å². The molecule has 0 radical (unpaired) electrons. The molecule has 1 aromatic carbocycles. The fourth-order valence-corrected chi connectivity index (χ4v) is 6.08. The van der Waals surface area contributed by atoms with Gasteiger partial charge in [0.15, 0.2) is 5.96 Å². The molecule has 6 atom stereocenters. The van der Waals surface area contributed by atoms with Gasteiger partial charge in [-0.05, 0) is 57.4 Å². The molecule has 24 nitrogen and oxygen atoms in total. The van der Waals surface area contributed by atoms with Gasteiger partial charge in [-0.25, -0.2) is 9.59 Å². The van der Waals surface area contributed by atoms with E-state index in [-0.39, 0.29) is 83.4 Å². The van der Waals surface area contributed by atoms with Crippen LogP contribution in [-0.4, -0.2) is 133 Å². The highest BCUT2D eigenvalue weighted by molar-refractivity contribution is 5.97. The lowest BCUT2D eigenvalue weighted by molar-refractivity contribution is -0.142. The number of nitrogens with one attached hydrogen (secondary N) is 11. The molecule has 1 aromatic rings. The Morgan fingerprint density at radius 3 is 2.15 bits per heavy atom. The van der Waals surface area contributed by atoms with Crippen molar-refractivity contribution in [1.82, 2.24) is 53.2 Å². The molecule has 0 saturated carbocycles. The minimum Gasteiger partial charge on any atom is -0.480 e. The largest absolute Gasteiger partial charge is 0.480 e. The van der Waals surface area contributed by atoms with Crippen LogP contribution in [0.15, 0.2) is 30.3 Å². The number of urea groups is 1. The Labute approximate surface area is 357 Å². The first kappa shape index (κ1) is 51.1. The van der Waals surface area contributed by atoms with Crippen molar-refractivity contribution in [3.63, 3.8) is 0 Å². The van der Waals surface area contributed by atoms with E-state index in [1.165, 1.54) is 13.8 Å². The second-order valence-electron chi connectivity index (χ2n) is 14.5. The molecule has 0 aliphatic carbocycles. The van der Waals surface area contributed by atoms with Gasteiger partial charge in [0, 0.05) is 39.4 Å². The summed E-state index contributed by atoms with van der Waals surface area (Å²) in [6.45, 7) is 1.97. The summed E-state index contributed by atoms with van der Waals surface area (Å²) in [5.41, 5.74) is 11.1. The predicted octanol–water partition coefficient (Wildman–Crippen LogP) is -4.22. The third-order valence-electron chi connectivity index (χ3n) is 9.29. The van der Waals surface area contributed by atoms with Crippen LogP contribution in [-0.2, 0) is 49.6 Å². The van der Waals surface area contributed by atoms with Crippen LogP contribution < -0.4 is 64.6 Å². The van der Waals surface area contributed by atoms with E-state index >= 15 is 0 Å². The molecule has 1 aliphatic rings. The second kappa shape index (κ2) is 27.0. The fraction of sp³-hybridized carbons (Fsp3) is 0.553. The first-order valence-electron chi connectivity index (χ1n) is 20.1. The van der Waals surface area contributed by atoms with Crippen LogP contribution in [0.2, 0.25) is 0 Å². The molecule has 2 rings (SSSR count). The Balaban J connectivity index is 2.53. The number of benzene rings is 1. The molecule has 342 valence electrons. The average Bonchev–Trinajstić information content (AvgIpc) is 3.20. The number of carbonyl (C=O) groups is 10. The molecule has 0 spiro atoms. The highest BCUT2D eigenvalue weighted by Gasteiger charge is 2.32. The van der Waals surface area contributed by atoms with Crippen molar-refractivity contribution in [1.29, 1.82) is 5.41 Å². The van der Waals surface area contributed by atoms with E-state index in [0.717, 1.165) is 0 Å². The zero-order valence-electron chi connectivity index (χ0n) is 34.7. The predicted molar refractivity (Wildman–Crippen MR) is 221 cm³/mol. The van der Waals surface area contributed by atoms with Crippen LogP contribution >= 0.6 is 0 Å². The van der Waals surface area contributed by atoms with Crippen LogP contribution in [0.4, 0.5) is 4.79 Å². The van der Waals surface area contributed by atoms with Crippen molar-refractivity contribution in [3.05, 3.63) is 35.9 Å². The third-order valence-corrected chi connectivity index (χ3v) is 9.29. The number of carboxylic acid groups (broad SMARTS) is 1. The van der Waals surface area contributed by atoms with Crippen molar-refractivity contribution < 1.29 is 53.1 Å². The van der Waals surface area contributed by atoms with Crippen molar-refractivity contribution in [3.8, 4) is 0 Å². The van der Waals surface area contributed by atoms with E-state index in [1.54, 1.807) is 30.3 Å². The number of guanidine groups is 1. The maximum absolute atomic E-state index is 14.1. The van der Waals surface area contributed by atoms with Crippen LogP contribution in [0.1, 0.15) is 70.8 Å². The molecule has 1 saturated heterocycles. The fourth-order valence-electron chi connectivity index (χ4n) is 6.08. The highest BCUT2D eigenvalue weighted by atomic mass is 16.4. The minimum absolute atomic E-state index is 0.0150. The van der Waals surface area contributed by atoms with Crippen LogP contribution in [0.25, 0.3) is 0 Å². The first-order valence-corrected chi connectivity index (χ1v) is 20.1. The highest BCUT2D eigenvalue weighted by Crippen LogP contribution is 2.09. The van der Waals surface area contributed by atoms with Crippen LogP contribution in [0, 0.1) is 5.41 Å². The molecule has 62 heavy (non-hydrogen) atoms. The van der Waals surface area contributed by atoms with Crippen molar-refractivity contribution >= 4 is 65.2 Å². The summed E-state index contributed by atoms with van der Waals surface area (Å²) in [4.78, 5) is 129. The smallest absolute Gasteiger partial charge is 0.326 e. The number of aliphatic carboxylic acids is 1. The normalized spacial score (nSPS) is 21.7. The van der Waals surface area contributed by atoms with Crippen LogP contribution in [0.3, 0.4) is 0 Å². The van der Waals surface area contributed by atoms with E-state index in [1.807, 2.05) is 0 Å².